The third-order valence-corrected chi connectivity index (χ3v) is 13.3. The molecule has 0 saturated carbocycles. The molecule has 1 unspecified atom stereocenters. The molecule has 0 aliphatic rings. The number of phenols is 3. The lowest BCUT2D eigenvalue weighted by molar-refractivity contribution is 0.460. The molecule has 0 heterocycles. The van der Waals surface area contributed by atoms with Crippen LogP contribution in [0.3, 0.4) is 0 Å². The summed E-state index contributed by atoms with van der Waals surface area (Å²) in [6.07, 6.45) is 4.25. The molecule has 1 atom stereocenters. The summed E-state index contributed by atoms with van der Waals surface area (Å²) in [5, 5.41) is 36.7. The van der Waals surface area contributed by atoms with E-state index in [2.05, 4.69) is 189 Å². The largest absolute Gasteiger partial charge is 0.507 e. The first-order chi connectivity index (χ1) is 32.9. The quantitative estimate of drug-likeness (QED) is 0.0854. The Morgan fingerprint density at radius 1 is 0.284 bits per heavy atom. The van der Waals surface area contributed by atoms with Crippen LogP contribution in [0.4, 0.5) is 0 Å². The van der Waals surface area contributed by atoms with Crippen molar-refractivity contribution in [2.24, 2.45) is 0 Å². The maximum atomic E-state index is 12.3. The summed E-state index contributed by atoms with van der Waals surface area (Å²) >= 11 is 0. The second-order valence-electron chi connectivity index (χ2n) is 18.0. The van der Waals surface area contributed by atoms with E-state index in [0.29, 0.717) is 55.8 Å². The summed E-state index contributed by atoms with van der Waals surface area (Å²) in [4.78, 5) is 0. The van der Waals surface area contributed by atoms with E-state index in [1.165, 1.54) is 0 Å². The Bertz CT molecular complexity index is 2680. The molecule has 0 fully saturated rings. The number of hydrogen-bond acceptors (Lipinski definition) is 3. The van der Waals surface area contributed by atoms with Crippen LogP contribution in [-0.2, 0) is 38.5 Å². The highest BCUT2D eigenvalue weighted by Crippen LogP contribution is 2.47. The Morgan fingerprint density at radius 3 is 0.672 bits per heavy atom. The normalized spacial score (nSPS) is 11.7. The van der Waals surface area contributed by atoms with Gasteiger partial charge in [0.05, 0.1) is 0 Å². The molecule has 9 aromatic rings. The van der Waals surface area contributed by atoms with E-state index in [1.807, 2.05) is 36.4 Å². The molecule has 0 bridgehead atoms. The van der Waals surface area contributed by atoms with E-state index >= 15 is 0 Å². The third-order valence-electron chi connectivity index (χ3n) is 13.3. The molecule has 0 aliphatic heterocycles. The fourth-order valence-corrected chi connectivity index (χ4v) is 9.96. The maximum Gasteiger partial charge on any atom is 0.122 e. The molecular weight excluding hydrogens is 817 g/mol. The van der Waals surface area contributed by atoms with Gasteiger partial charge in [0.2, 0.25) is 0 Å². The van der Waals surface area contributed by atoms with Crippen molar-refractivity contribution < 1.29 is 15.3 Å². The molecule has 332 valence electrons. The van der Waals surface area contributed by atoms with Gasteiger partial charge in [0.1, 0.15) is 17.2 Å². The van der Waals surface area contributed by atoms with Gasteiger partial charge in [0.15, 0.2) is 0 Å². The molecule has 3 heteroatoms. The zero-order valence-electron chi connectivity index (χ0n) is 38.2. The minimum Gasteiger partial charge on any atom is -0.507 e. The van der Waals surface area contributed by atoms with Crippen LogP contribution in [0.25, 0.3) is 0 Å². The first kappa shape index (κ1) is 44.6. The van der Waals surface area contributed by atoms with Crippen LogP contribution in [0.5, 0.6) is 17.2 Å². The Kier molecular flexibility index (Phi) is 14.1. The van der Waals surface area contributed by atoms with Crippen molar-refractivity contribution in [3.05, 3.63) is 302 Å². The molecule has 67 heavy (non-hydrogen) atoms. The summed E-state index contributed by atoms with van der Waals surface area (Å²) < 4.78 is 0. The number of rotatable bonds is 17. The van der Waals surface area contributed by atoms with Crippen LogP contribution in [0, 0.1) is 0 Å². The van der Waals surface area contributed by atoms with Gasteiger partial charge in [-0.15, -0.1) is 0 Å². The summed E-state index contributed by atoms with van der Waals surface area (Å²) in [7, 11) is 0. The van der Waals surface area contributed by atoms with Crippen LogP contribution in [0.1, 0.15) is 109 Å². The molecule has 9 rings (SSSR count). The van der Waals surface area contributed by atoms with Gasteiger partial charge >= 0.3 is 0 Å². The van der Waals surface area contributed by atoms with Crippen molar-refractivity contribution in [1.82, 2.24) is 0 Å². The molecule has 0 spiro atoms. The van der Waals surface area contributed by atoms with Gasteiger partial charge in [0.25, 0.3) is 0 Å². The van der Waals surface area contributed by atoms with Crippen molar-refractivity contribution in [2.75, 3.05) is 0 Å². The molecule has 0 aliphatic carbocycles. The Hall–Kier alpha value is -7.62. The highest BCUT2D eigenvalue weighted by molar-refractivity contribution is 5.56. The van der Waals surface area contributed by atoms with Gasteiger partial charge in [0, 0.05) is 44.4 Å². The van der Waals surface area contributed by atoms with Crippen LogP contribution in [-0.4, -0.2) is 15.3 Å². The van der Waals surface area contributed by atoms with Crippen molar-refractivity contribution in [3.63, 3.8) is 0 Å². The average molecular weight is 875 g/mol. The minimum absolute atomic E-state index is 0.0676. The number of phenolic OH excluding ortho intramolecular Hbond substituents is 3. The minimum atomic E-state index is -0.210. The molecule has 9 aromatic carbocycles. The molecule has 0 radical (unpaired) electrons. The smallest absolute Gasteiger partial charge is 0.122 e. The van der Waals surface area contributed by atoms with Crippen LogP contribution in [0.2, 0.25) is 0 Å². The Morgan fingerprint density at radius 2 is 0.478 bits per heavy atom. The van der Waals surface area contributed by atoms with Crippen molar-refractivity contribution in [2.45, 2.75) is 63.7 Å². The second kappa shape index (κ2) is 21.1. The highest BCUT2D eigenvalue weighted by Gasteiger charge is 2.30. The first-order valence-corrected chi connectivity index (χ1v) is 23.7. The van der Waals surface area contributed by atoms with E-state index in [-0.39, 0.29) is 11.8 Å². The van der Waals surface area contributed by atoms with Gasteiger partial charge in [-0.05, 0) is 95.8 Å². The maximum absolute atomic E-state index is 12.3. The number of hydrogen-bond donors (Lipinski definition) is 3. The van der Waals surface area contributed by atoms with Crippen molar-refractivity contribution in [3.8, 4) is 17.2 Å². The van der Waals surface area contributed by atoms with Gasteiger partial charge in [-0.3, -0.25) is 0 Å². The van der Waals surface area contributed by atoms with Crippen LogP contribution < -0.4 is 0 Å². The topological polar surface area (TPSA) is 60.7 Å². The SMILES string of the molecule is CCC(c1cc(Cc2ccccc2)c(O)c(Cc2ccccc2)c1)C(c1cc(Cc2ccccc2)c(O)c(Cc2ccccc2)c1)c1cc(Cc2ccccc2)c(O)c(Cc2ccccc2)c1. The van der Waals surface area contributed by atoms with Gasteiger partial charge in [-0.25, -0.2) is 0 Å². The third kappa shape index (κ3) is 10.9. The lowest BCUT2D eigenvalue weighted by Gasteiger charge is -2.31. The van der Waals surface area contributed by atoms with Crippen molar-refractivity contribution >= 4 is 0 Å². The lowest BCUT2D eigenvalue weighted by Crippen LogP contribution is -2.16. The monoisotopic (exact) mass is 874 g/mol. The summed E-state index contributed by atoms with van der Waals surface area (Å²) in [5.41, 5.74) is 15.4. The first-order valence-electron chi connectivity index (χ1n) is 23.7. The van der Waals surface area contributed by atoms with Crippen LogP contribution >= 0.6 is 0 Å². The van der Waals surface area contributed by atoms with E-state index < -0.39 is 0 Å². The fraction of sp³-hybridized carbons (Fsp3) is 0.156. The van der Waals surface area contributed by atoms with E-state index in [0.717, 1.165) is 89.9 Å². The number of aromatic hydroxyl groups is 3. The summed E-state index contributed by atoms with van der Waals surface area (Å²) in [5.74, 6) is 0.703. The predicted octanol–water partition coefficient (Wildman–Crippen LogP) is 14.7. The molecule has 3 N–H and O–H groups in total. The fourth-order valence-electron chi connectivity index (χ4n) is 9.96. The zero-order chi connectivity index (χ0) is 46.0. The Labute approximate surface area is 396 Å². The second-order valence-corrected chi connectivity index (χ2v) is 18.0. The van der Waals surface area contributed by atoms with E-state index in [9.17, 15) is 15.3 Å². The molecule has 0 aromatic heterocycles. The molecule has 0 amide bonds. The van der Waals surface area contributed by atoms with Crippen LogP contribution in [0.15, 0.2) is 218 Å². The summed E-state index contributed by atoms with van der Waals surface area (Å²) in [6.45, 7) is 2.27. The van der Waals surface area contributed by atoms with Gasteiger partial charge < -0.3 is 15.3 Å². The van der Waals surface area contributed by atoms with E-state index in [1.54, 1.807) is 0 Å². The zero-order valence-corrected chi connectivity index (χ0v) is 38.2. The molecule has 3 nitrogen and oxygen atoms in total. The standard InChI is InChI=1S/C64H58O3/c1-2-60(51-39-54(33-45-21-9-3-10-22-45)62(65)55(40-51)34-46-23-11-4-12-24-46)61(52-41-56(35-47-25-13-5-14-26-47)63(66)57(42-52)36-48-27-15-6-16-28-48)53-43-58(37-49-29-17-7-18-30-49)64(67)59(44-53)38-50-31-19-8-20-32-50/h3-32,39-44,60-61,65-67H,2,33-38H2,1H3. The van der Waals surface area contributed by atoms with Gasteiger partial charge in [-0.1, -0.05) is 225 Å². The molecular formula is C64H58O3. The highest BCUT2D eigenvalue weighted by atomic mass is 16.3. The lowest BCUT2D eigenvalue weighted by atomic mass is 9.73. The molecule has 0 saturated heterocycles. The van der Waals surface area contributed by atoms with Crippen molar-refractivity contribution in [1.29, 1.82) is 0 Å². The average Bonchev–Trinajstić information content (AvgIpc) is 3.36. The summed E-state index contributed by atoms with van der Waals surface area (Å²) in [6, 6.07) is 75.8. The number of benzene rings is 9. The predicted molar refractivity (Wildman–Crippen MR) is 275 cm³/mol. The Balaban J connectivity index is 1.29. The van der Waals surface area contributed by atoms with E-state index in [4.69, 9.17) is 0 Å². The van der Waals surface area contributed by atoms with Gasteiger partial charge in [-0.2, -0.15) is 0 Å².